The van der Waals surface area contributed by atoms with E-state index >= 15 is 0 Å². The van der Waals surface area contributed by atoms with Crippen LogP contribution in [0.4, 0.5) is 13.2 Å². The number of nitrogens with one attached hydrogen (secondary N) is 1. The highest BCUT2D eigenvalue weighted by molar-refractivity contribution is 7.91. The molecule has 0 spiro atoms. The van der Waals surface area contributed by atoms with Crippen LogP contribution in [0.3, 0.4) is 0 Å². The molecule has 40 heavy (non-hydrogen) atoms. The number of hydrogen-bond acceptors (Lipinski definition) is 9. The molecule has 2 aromatic heterocycles. The second-order valence-corrected chi connectivity index (χ2v) is 12.6. The van der Waals surface area contributed by atoms with Crippen molar-refractivity contribution in [1.29, 1.82) is 0 Å². The second kappa shape index (κ2) is 11.1. The van der Waals surface area contributed by atoms with E-state index in [0.29, 0.717) is 10.2 Å². The van der Waals surface area contributed by atoms with Crippen molar-refractivity contribution >= 4 is 42.3 Å². The van der Waals surface area contributed by atoms with Gasteiger partial charge in [-0.3, -0.25) is 0 Å². The predicted molar refractivity (Wildman–Crippen MR) is 142 cm³/mol. The molecule has 1 atom stereocenters. The molecular weight excluding hydrogens is 589 g/mol. The Bertz CT molecular complexity index is 1840. The van der Waals surface area contributed by atoms with E-state index in [1.54, 1.807) is 6.07 Å². The minimum Gasteiger partial charge on any atom is -0.422 e. The highest BCUT2D eigenvalue weighted by Crippen LogP contribution is 2.38. The third-order valence-corrected chi connectivity index (χ3v) is 9.31. The van der Waals surface area contributed by atoms with Crippen molar-refractivity contribution in [2.45, 2.75) is 23.7 Å². The van der Waals surface area contributed by atoms with E-state index < -0.39 is 43.5 Å². The van der Waals surface area contributed by atoms with Gasteiger partial charge < -0.3 is 4.42 Å². The van der Waals surface area contributed by atoms with Crippen molar-refractivity contribution in [2.24, 2.45) is 0 Å². The van der Waals surface area contributed by atoms with Gasteiger partial charge in [0.1, 0.15) is 5.01 Å². The zero-order chi connectivity index (χ0) is 28.5. The summed E-state index contributed by atoms with van der Waals surface area (Å²) in [5.74, 6) is -1.34. The van der Waals surface area contributed by atoms with Gasteiger partial charge in [0.15, 0.2) is 15.1 Å². The molecule has 2 heterocycles. The normalized spacial score (nSPS) is 13.2. The first-order valence-electron chi connectivity index (χ1n) is 11.5. The number of alkyl halides is 3. The zero-order valence-electron chi connectivity index (χ0n) is 20.2. The van der Waals surface area contributed by atoms with Crippen LogP contribution in [0.2, 0.25) is 0 Å². The topological polar surface area (TPSA) is 132 Å². The fourth-order valence-corrected chi connectivity index (χ4v) is 7.41. The molecule has 0 fully saturated rings. The molecule has 0 bridgehead atoms. The molecule has 0 aliphatic rings. The molecule has 0 saturated heterocycles. The standard InChI is InChI=1S/C25H19F3N4O5S3/c26-25(27,28)18-8-4-5-15(11-18)14-40(35,36)22(23-32-31-21(37-23)13-29-39(33)34)24-30-19-10-9-17(12-20(19)38-24)16-6-2-1-3-7-16/h1-12,22,39H,13-14H2,(H,29,33,34). The molecule has 5 rings (SSSR count). The van der Waals surface area contributed by atoms with Gasteiger partial charge in [-0.15, -0.1) is 21.5 Å². The van der Waals surface area contributed by atoms with Crippen LogP contribution in [0.1, 0.15) is 33.2 Å². The number of halogens is 3. The minimum absolute atomic E-state index is 0.0743. The molecule has 208 valence electrons. The van der Waals surface area contributed by atoms with Crippen LogP contribution < -0.4 is 4.72 Å². The number of hydrogen-bond donors (Lipinski definition) is 2. The maximum Gasteiger partial charge on any atom is 0.416 e. The number of sulfone groups is 1. The van der Waals surface area contributed by atoms with E-state index in [1.807, 2.05) is 42.5 Å². The van der Waals surface area contributed by atoms with Crippen LogP contribution in [0.25, 0.3) is 21.3 Å². The Morgan fingerprint density at radius 2 is 1.73 bits per heavy atom. The quantitative estimate of drug-likeness (QED) is 0.231. The Balaban J connectivity index is 1.57. The highest BCUT2D eigenvalue weighted by Gasteiger charge is 2.38. The van der Waals surface area contributed by atoms with Crippen LogP contribution >= 0.6 is 11.3 Å². The van der Waals surface area contributed by atoms with Crippen LogP contribution in [0.5, 0.6) is 0 Å². The molecule has 0 amide bonds. The average Bonchev–Trinajstić information content (AvgIpc) is 3.54. The maximum absolute atomic E-state index is 13.7. The molecule has 0 saturated carbocycles. The molecule has 15 heteroatoms. The lowest BCUT2D eigenvalue weighted by atomic mass is 10.1. The van der Waals surface area contributed by atoms with Gasteiger partial charge in [0.2, 0.25) is 22.7 Å². The Kier molecular flexibility index (Phi) is 7.72. The fraction of sp³-hybridized carbons (Fsp3) is 0.160. The summed E-state index contributed by atoms with van der Waals surface area (Å²) in [7, 11) is -7.30. The van der Waals surface area contributed by atoms with Crippen LogP contribution in [0, 0.1) is 0 Å². The summed E-state index contributed by atoms with van der Waals surface area (Å²) in [5.41, 5.74) is 1.26. The lowest BCUT2D eigenvalue weighted by molar-refractivity contribution is -0.137. The summed E-state index contributed by atoms with van der Waals surface area (Å²) >= 11 is 1.07. The molecule has 0 aliphatic carbocycles. The third-order valence-electron chi connectivity index (χ3n) is 5.78. The van der Waals surface area contributed by atoms with Crippen molar-refractivity contribution < 1.29 is 34.4 Å². The molecule has 0 aliphatic heterocycles. The van der Waals surface area contributed by atoms with Crippen molar-refractivity contribution in [3.8, 4) is 11.1 Å². The summed E-state index contributed by atoms with van der Waals surface area (Å²) in [6.45, 7) is -0.369. The number of nitrogens with zero attached hydrogens (tertiary/aromatic N) is 3. The number of benzene rings is 3. The molecule has 5 aromatic rings. The number of fused-ring (bicyclic) bond motifs is 1. The zero-order valence-corrected chi connectivity index (χ0v) is 22.7. The Labute approximate surface area is 231 Å². The Morgan fingerprint density at radius 3 is 2.45 bits per heavy atom. The third kappa shape index (κ3) is 6.22. The summed E-state index contributed by atoms with van der Waals surface area (Å²) in [6, 6.07) is 19.0. The first kappa shape index (κ1) is 27.9. The number of aromatic nitrogens is 3. The van der Waals surface area contributed by atoms with Gasteiger partial charge in [-0.1, -0.05) is 54.6 Å². The Hall–Kier alpha value is -3.66. The summed E-state index contributed by atoms with van der Waals surface area (Å²) in [4.78, 5) is 4.49. The van der Waals surface area contributed by atoms with E-state index in [2.05, 4.69) is 19.9 Å². The Morgan fingerprint density at radius 1 is 0.950 bits per heavy atom. The first-order chi connectivity index (χ1) is 19.0. The van der Waals surface area contributed by atoms with E-state index in [9.17, 15) is 30.0 Å². The number of rotatable bonds is 9. The van der Waals surface area contributed by atoms with Gasteiger partial charge in [0.05, 0.1) is 28.1 Å². The van der Waals surface area contributed by atoms with Crippen molar-refractivity contribution in [2.75, 3.05) is 0 Å². The van der Waals surface area contributed by atoms with Crippen molar-refractivity contribution in [3.63, 3.8) is 0 Å². The molecule has 3 aromatic carbocycles. The van der Waals surface area contributed by atoms with Gasteiger partial charge >= 0.3 is 6.18 Å². The van der Waals surface area contributed by atoms with E-state index in [4.69, 9.17) is 4.42 Å². The molecule has 9 nitrogen and oxygen atoms in total. The van der Waals surface area contributed by atoms with E-state index in [-0.39, 0.29) is 28.9 Å². The van der Waals surface area contributed by atoms with Crippen LogP contribution in [-0.4, -0.2) is 32.0 Å². The van der Waals surface area contributed by atoms with Crippen molar-refractivity contribution in [3.05, 3.63) is 101 Å². The largest absolute Gasteiger partial charge is 0.422 e. The van der Waals surface area contributed by atoms with Gasteiger partial charge in [-0.25, -0.2) is 26.5 Å². The number of thiol groups is 1. The molecular formula is C25H19F3N4O5S3. The molecule has 1 unspecified atom stereocenters. The smallest absolute Gasteiger partial charge is 0.416 e. The maximum atomic E-state index is 13.7. The SMILES string of the molecule is O=[SH](=O)NCc1nnc(C(c2nc3ccc(-c4ccccc4)cc3s2)S(=O)(=O)Cc2cccc(C(F)(F)F)c2)o1. The van der Waals surface area contributed by atoms with E-state index in [1.165, 1.54) is 6.07 Å². The van der Waals surface area contributed by atoms with Gasteiger partial charge in [-0.2, -0.15) is 13.2 Å². The van der Waals surface area contributed by atoms with Gasteiger partial charge in [0.25, 0.3) is 0 Å². The number of thiazole rings is 1. The van der Waals surface area contributed by atoms with Gasteiger partial charge in [0, 0.05) is 0 Å². The molecule has 1 N–H and O–H groups in total. The minimum atomic E-state index is -4.65. The van der Waals surface area contributed by atoms with Crippen LogP contribution in [0.15, 0.2) is 77.2 Å². The van der Waals surface area contributed by atoms with Crippen LogP contribution in [-0.2, 0) is 39.2 Å². The van der Waals surface area contributed by atoms with E-state index in [0.717, 1.165) is 40.7 Å². The first-order valence-corrected chi connectivity index (χ1v) is 15.2. The average molecular weight is 609 g/mol. The summed E-state index contributed by atoms with van der Waals surface area (Å²) in [6.07, 6.45) is -4.65. The lowest BCUT2D eigenvalue weighted by Gasteiger charge is -2.13. The molecule has 0 radical (unpaired) electrons. The highest BCUT2D eigenvalue weighted by atomic mass is 32.2. The summed E-state index contributed by atoms with van der Waals surface area (Å²) in [5, 5.41) is 6.02. The fourth-order valence-electron chi connectivity index (χ4n) is 4.01. The monoisotopic (exact) mass is 608 g/mol. The van der Waals surface area contributed by atoms with Gasteiger partial charge in [-0.05, 0) is 34.9 Å². The predicted octanol–water partition coefficient (Wildman–Crippen LogP) is 4.69. The summed E-state index contributed by atoms with van der Waals surface area (Å²) < 4.78 is 97.3. The van der Waals surface area contributed by atoms with Crippen molar-refractivity contribution in [1.82, 2.24) is 19.9 Å². The lowest BCUT2D eigenvalue weighted by Crippen LogP contribution is -2.18. The second-order valence-electron chi connectivity index (χ2n) is 8.61.